The number of carbonyl (C=O) groups excluding carboxylic acids is 2. The van der Waals surface area contributed by atoms with E-state index in [0.29, 0.717) is 24.4 Å². The van der Waals surface area contributed by atoms with Gasteiger partial charge in [0.2, 0.25) is 0 Å². The van der Waals surface area contributed by atoms with Crippen LogP contribution in [0.2, 0.25) is 0 Å². The number of amides is 1. The third-order valence-corrected chi connectivity index (χ3v) is 3.21. The highest BCUT2D eigenvalue weighted by atomic mass is 16.5. The molecule has 0 aromatic heterocycles. The maximum atomic E-state index is 12.5. The van der Waals surface area contributed by atoms with Gasteiger partial charge in [0.25, 0.3) is 5.91 Å². The molecule has 1 aromatic carbocycles. The van der Waals surface area contributed by atoms with Crippen LogP contribution in [-0.2, 0) is 14.3 Å². The Balaban J connectivity index is 2.27. The van der Waals surface area contributed by atoms with E-state index in [1.165, 1.54) is 12.0 Å². The molecule has 1 saturated heterocycles. The van der Waals surface area contributed by atoms with Crippen LogP contribution in [0.1, 0.15) is 15.9 Å². The van der Waals surface area contributed by atoms with Crippen LogP contribution in [0, 0.1) is 6.92 Å². The van der Waals surface area contributed by atoms with Gasteiger partial charge in [-0.25, -0.2) is 4.79 Å². The summed E-state index contributed by atoms with van der Waals surface area (Å²) in [4.78, 5) is 25.7. The summed E-state index contributed by atoms with van der Waals surface area (Å²) >= 11 is 0. The van der Waals surface area contributed by atoms with Crippen LogP contribution >= 0.6 is 0 Å². The van der Waals surface area contributed by atoms with Crippen molar-refractivity contribution >= 4 is 17.6 Å². The average molecular weight is 278 g/mol. The Hall–Kier alpha value is -2.08. The summed E-state index contributed by atoms with van der Waals surface area (Å²) < 4.78 is 9.97. The summed E-state index contributed by atoms with van der Waals surface area (Å²) in [6, 6.07) is 4.44. The maximum absolute atomic E-state index is 12.5. The average Bonchev–Trinajstić information content (AvgIpc) is 2.44. The number of aryl methyl sites for hydroxylation is 1. The Labute approximate surface area is 117 Å². The third kappa shape index (κ3) is 2.91. The summed E-state index contributed by atoms with van der Waals surface area (Å²) in [5.74, 6) is -0.710. The number of benzene rings is 1. The number of esters is 1. The second-order valence-corrected chi connectivity index (χ2v) is 4.74. The topological polar surface area (TPSA) is 81.9 Å². The minimum atomic E-state index is -0.706. The fourth-order valence-electron chi connectivity index (χ4n) is 2.28. The van der Waals surface area contributed by atoms with Gasteiger partial charge in [-0.1, -0.05) is 0 Å². The van der Waals surface area contributed by atoms with Crippen LogP contribution < -0.4 is 5.73 Å². The molecule has 6 nitrogen and oxygen atoms in total. The predicted octanol–water partition coefficient (Wildman–Crippen LogP) is 0.591. The van der Waals surface area contributed by atoms with Crippen LogP contribution in [0.3, 0.4) is 0 Å². The lowest BCUT2D eigenvalue weighted by Crippen LogP contribution is -2.53. The van der Waals surface area contributed by atoms with Crippen molar-refractivity contribution in [2.75, 3.05) is 32.6 Å². The quantitative estimate of drug-likeness (QED) is 0.632. The Morgan fingerprint density at radius 2 is 2.15 bits per heavy atom. The van der Waals surface area contributed by atoms with Gasteiger partial charge in [-0.2, -0.15) is 0 Å². The van der Waals surface area contributed by atoms with Gasteiger partial charge in [-0.3, -0.25) is 4.79 Å². The van der Waals surface area contributed by atoms with E-state index in [1.807, 2.05) is 6.92 Å². The van der Waals surface area contributed by atoms with E-state index < -0.39 is 12.0 Å². The number of rotatable bonds is 2. The predicted molar refractivity (Wildman–Crippen MR) is 73.3 cm³/mol. The van der Waals surface area contributed by atoms with Gasteiger partial charge in [0.15, 0.2) is 6.04 Å². The molecule has 6 heteroatoms. The van der Waals surface area contributed by atoms with Crippen molar-refractivity contribution in [2.24, 2.45) is 0 Å². The first-order valence-electron chi connectivity index (χ1n) is 6.36. The molecule has 1 aliphatic heterocycles. The van der Waals surface area contributed by atoms with Crippen molar-refractivity contribution in [3.8, 4) is 0 Å². The minimum absolute atomic E-state index is 0.152. The van der Waals surface area contributed by atoms with Gasteiger partial charge in [0, 0.05) is 17.8 Å². The molecule has 1 atom stereocenters. The zero-order valence-corrected chi connectivity index (χ0v) is 11.6. The SMILES string of the molecule is COC(=O)C1COCCN1C(=O)c1cc(C)cc(N)c1. The van der Waals surface area contributed by atoms with E-state index in [4.69, 9.17) is 15.2 Å². The first-order valence-corrected chi connectivity index (χ1v) is 6.36. The van der Waals surface area contributed by atoms with Gasteiger partial charge in [0.1, 0.15) is 0 Å². The molecule has 1 unspecified atom stereocenters. The molecule has 0 saturated carbocycles. The molecule has 2 N–H and O–H groups in total. The molecule has 2 rings (SSSR count). The van der Waals surface area contributed by atoms with Gasteiger partial charge < -0.3 is 20.1 Å². The summed E-state index contributed by atoms with van der Waals surface area (Å²) in [5.41, 5.74) is 7.65. The number of carbonyl (C=O) groups is 2. The molecule has 108 valence electrons. The third-order valence-electron chi connectivity index (χ3n) is 3.21. The van der Waals surface area contributed by atoms with Gasteiger partial charge in [-0.05, 0) is 30.7 Å². The van der Waals surface area contributed by atoms with Crippen molar-refractivity contribution in [3.05, 3.63) is 29.3 Å². The van der Waals surface area contributed by atoms with Crippen LogP contribution in [-0.4, -0.2) is 49.7 Å². The van der Waals surface area contributed by atoms with E-state index in [-0.39, 0.29) is 12.5 Å². The number of hydrogen-bond acceptors (Lipinski definition) is 5. The standard InChI is InChI=1S/C14H18N2O4/c1-9-5-10(7-11(15)6-9)13(17)16-3-4-20-8-12(16)14(18)19-2/h5-7,12H,3-4,8,15H2,1-2H3. The number of nitrogens with two attached hydrogens (primary N) is 1. The number of anilines is 1. The monoisotopic (exact) mass is 278 g/mol. The highest BCUT2D eigenvalue weighted by Crippen LogP contribution is 2.17. The van der Waals surface area contributed by atoms with E-state index in [1.54, 1.807) is 18.2 Å². The zero-order valence-electron chi connectivity index (χ0n) is 11.6. The van der Waals surface area contributed by atoms with E-state index >= 15 is 0 Å². The second-order valence-electron chi connectivity index (χ2n) is 4.74. The van der Waals surface area contributed by atoms with Crippen molar-refractivity contribution < 1.29 is 19.1 Å². The molecule has 1 heterocycles. The summed E-state index contributed by atoms with van der Waals surface area (Å²) in [6.07, 6.45) is 0. The fraction of sp³-hybridized carbons (Fsp3) is 0.429. The molecule has 0 radical (unpaired) electrons. The van der Waals surface area contributed by atoms with Crippen molar-refractivity contribution in [1.82, 2.24) is 4.90 Å². The Bertz CT molecular complexity index is 510. The summed E-state index contributed by atoms with van der Waals surface area (Å²) in [6.45, 7) is 2.77. The highest BCUT2D eigenvalue weighted by Gasteiger charge is 2.34. The molecular weight excluding hydrogens is 260 g/mol. The van der Waals surface area contributed by atoms with Crippen molar-refractivity contribution in [1.29, 1.82) is 0 Å². The molecule has 0 spiro atoms. The number of nitrogens with zero attached hydrogens (tertiary/aromatic N) is 1. The lowest BCUT2D eigenvalue weighted by Gasteiger charge is -2.33. The Morgan fingerprint density at radius 3 is 2.80 bits per heavy atom. The Kier molecular flexibility index (Phi) is 4.24. The summed E-state index contributed by atoms with van der Waals surface area (Å²) in [5, 5.41) is 0. The number of ether oxygens (including phenoxy) is 2. The maximum Gasteiger partial charge on any atom is 0.331 e. The Morgan fingerprint density at radius 1 is 1.40 bits per heavy atom. The largest absolute Gasteiger partial charge is 0.467 e. The van der Waals surface area contributed by atoms with Crippen LogP contribution in [0.4, 0.5) is 5.69 Å². The van der Waals surface area contributed by atoms with Crippen LogP contribution in [0.25, 0.3) is 0 Å². The normalized spacial score (nSPS) is 18.7. The lowest BCUT2D eigenvalue weighted by atomic mass is 10.1. The molecule has 0 aliphatic carbocycles. The zero-order chi connectivity index (χ0) is 14.7. The van der Waals surface area contributed by atoms with Gasteiger partial charge in [-0.15, -0.1) is 0 Å². The molecule has 1 aromatic rings. The fourth-order valence-corrected chi connectivity index (χ4v) is 2.28. The number of methoxy groups -OCH3 is 1. The smallest absolute Gasteiger partial charge is 0.331 e. The lowest BCUT2D eigenvalue weighted by molar-refractivity contribution is -0.151. The molecule has 0 bridgehead atoms. The van der Waals surface area contributed by atoms with Crippen LogP contribution in [0.5, 0.6) is 0 Å². The van der Waals surface area contributed by atoms with Crippen molar-refractivity contribution in [2.45, 2.75) is 13.0 Å². The summed E-state index contributed by atoms with van der Waals surface area (Å²) in [7, 11) is 1.30. The molecule has 1 aliphatic rings. The first kappa shape index (κ1) is 14.3. The van der Waals surface area contributed by atoms with Gasteiger partial charge >= 0.3 is 5.97 Å². The molecular formula is C14H18N2O4. The molecule has 20 heavy (non-hydrogen) atoms. The molecule has 1 amide bonds. The second kappa shape index (κ2) is 5.92. The van der Waals surface area contributed by atoms with E-state index in [9.17, 15) is 9.59 Å². The van der Waals surface area contributed by atoms with Crippen molar-refractivity contribution in [3.63, 3.8) is 0 Å². The van der Waals surface area contributed by atoms with Crippen LogP contribution in [0.15, 0.2) is 18.2 Å². The number of nitrogen functional groups attached to an aromatic ring is 1. The highest BCUT2D eigenvalue weighted by molar-refractivity contribution is 5.97. The number of hydrogen-bond donors (Lipinski definition) is 1. The molecule has 1 fully saturated rings. The van der Waals surface area contributed by atoms with E-state index in [2.05, 4.69) is 0 Å². The van der Waals surface area contributed by atoms with Gasteiger partial charge in [0.05, 0.1) is 20.3 Å². The first-order chi connectivity index (χ1) is 9.52. The minimum Gasteiger partial charge on any atom is -0.467 e. The van der Waals surface area contributed by atoms with E-state index in [0.717, 1.165) is 5.56 Å². The number of morpholine rings is 1.